The van der Waals surface area contributed by atoms with Gasteiger partial charge in [0.05, 0.1) is 9.90 Å². The summed E-state index contributed by atoms with van der Waals surface area (Å²) < 4.78 is 5.64. The Morgan fingerprint density at radius 3 is 2.74 bits per heavy atom. The van der Waals surface area contributed by atoms with Gasteiger partial charge in [-0.15, -0.1) is 11.3 Å². The maximum Gasteiger partial charge on any atom is 0.147 e. The zero-order chi connectivity index (χ0) is 13.6. The summed E-state index contributed by atoms with van der Waals surface area (Å²) >= 11 is 13.5. The first-order valence-corrected chi connectivity index (χ1v) is 7.30. The van der Waals surface area contributed by atoms with Crippen molar-refractivity contribution in [3.63, 3.8) is 0 Å². The molecule has 5 heteroatoms. The molecule has 3 aromatic rings. The summed E-state index contributed by atoms with van der Waals surface area (Å²) in [6.45, 7) is 1.91. The molecule has 0 saturated heterocycles. The highest BCUT2D eigenvalue weighted by atomic mass is 35.5. The maximum absolute atomic E-state index is 10.4. The van der Waals surface area contributed by atoms with Crippen LogP contribution in [-0.2, 0) is 0 Å². The molecule has 0 radical (unpaired) electrons. The minimum atomic E-state index is -0.850. The van der Waals surface area contributed by atoms with Crippen LogP contribution in [0, 0.1) is 6.92 Å². The van der Waals surface area contributed by atoms with Crippen molar-refractivity contribution in [2.45, 2.75) is 13.0 Å². The maximum atomic E-state index is 10.4. The molecule has 98 valence electrons. The number of rotatable bonds is 2. The molecule has 3 rings (SSSR count). The van der Waals surface area contributed by atoms with Gasteiger partial charge in [0.1, 0.15) is 17.4 Å². The van der Waals surface area contributed by atoms with Gasteiger partial charge in [0.25, 0.3) is 0 Å². The molecule has 1 unspecified atom stereocenters. The molecule has 0 saturated carbocycles. The highest BCUT2D eigenvalue weighted by Gasteiger charge is 2.21. The van der Waals surface area contributed by atoms with E-state index in [1.807, 2.05) is 12.3 Å². The number of hydrogen-bond donors (Lipinski definition) is 1. The third-order valence-corrected chi connectivity index (χ3v) is 4.94. The predicted molar refractivity (Wildman–Crippen MR) is 79.4 cm³/mol. The summed E-state index contributed by atoms with van der Waals surface area (Å²) in [5, 5.41) is 14.4. The molecule has 1 atom stereocenters. The third-order valence-electron chi connectivity index (χ3n) is 2.94. The van der Waals surface area contributed by atoms with Gasteiger partial charge in [-0.2, -0.15) is 0 Å². The van der Waals surface area contributed by atoms with Crippen LogP contribution in [0.3, 0.4) is 0 Å². The quantitative estimate of drug-likeness (QED) is 0.706. The molecule has 0 aliphatic rings. The van der Waals surface area contributed by atoms with E-state index < -0.39 is 6.10 Å². The Morgan fingerprint density at radius 1 is 1.26 bits per heavy atom. The normalized spacial score (nSPS) is 13.1. The Hall–Kier alpha value is -1.00. The summed E-state index contributed by atoms with van der Waals surface area (Å²) in [6, 6.07) is 7.14. The number of halogens is 2. The van der Waals surface area contributed by atoms with Crippen molar-refractivity contribution in [2.75, 3.05) is 0 Å². The zero-order valence-corrected chi connectivity index (χ0v) is 12.3. The highest BCUT2D eigenvalue weighted by Crippen LogP contribution is 2.37. The van der Waals surface area contributed by atoms with Crippen molar-refractivity contribution >= 4 is 45.5 Å². The van der Waals surface area contributed by atoms with Crippen LogP contribution in [0.2, 0.25) is 10.0 Å². The monoisotopic (exact) mass is 312 g/mol. The first kappa shape index (κ1) is 13.0. The van der Waals surface area contributed by atoms with Crippen LogP contribution >= 0.6 is 34.5 Å². The molecule has 19 heavy (non-hydrogen) atoms. The zero-order valence-electron chi connectivity index (χ0n) is 9.98. The molecule has 0 fully saturated rings. The van der Waals surface area contributed by atoms with Gasteiger partial charge in [0.2, 0.25) is 0 Å². The number of benzene rings is 1. The number of furan rings is 1. The SMILES string of the molecule is Cc1csc(C(O)c2cc3cc(Cl)ccc3o2)c1Cl. The van der Waals surface area contributed by atoms with Crippen LogP contribution < -0.4 is 0 Å². The van der Waals surface area contributed by atoms with Crippen molar-refractivity contribution in [3.8, 4) is 0 Å². The minimum absolute atomic E-state index is 0.473. The molecule has 1 N–H and O–H groups in total. The molecule has 0 spiro atoms. The number of aryl methyl sites for hydroxylation is 1. The molecular weight excluding hydrogens is 303 g/mol. The van der Waals surface area contributed by atoms with Crippen molar-refractivity contribution < 1.29 is 9.52 Å². The lowest BCUT2D eigenvalue weighted by atomic mass is 10.2. The van der Waals surface area contributed by atoms with E-state index in [-0.39, 0.29) is 0 Å². The average molecular weight is 313 g/mol. The van der Waals surface area contributed by atoms with Crippen molar-refractivity contribution in [1.82, 2.24) is 0 Å². The van der Waals surface area contributed by atoms with Crippen molar-refractivity contribution in [2.24, 2.45) is 0 Å². The van der Waals surface area contributed by atoms with Gasteiger partial charge in [-0.25, -0.2) is 0 Å². The largest absolute Gasteiger partial charge is 0.458 e. The van der Waals surface area contributed by atoms with E-state index >= 15 is 0 Å². The number of hydrogen-bond acceptors (Lipinski definition) is 3. The fourth-order valence-electron chi connectivity index (χ4n) is 1.93. The molecule has 0 aliphatic heterocycles. The van der Waals surface area contributed by atoms with E-state index in [1.54, 1.807) is 24.3 Å². The minimum Gasteiger partial charge on any atom is -0.458 e. The topological polar surface area (TPSA) is 33.4 Å². The van der Waals surface area contributed by atoms with Crippen molar-refractivity contribution in [1.29, 1.82) is 0 Å². The standard InChI is InChI=1S/C14H10Cl2O2S/c1-7-6-19-14(12(7)16)13(17)11-5-8-4-9(15)2-3-10(8)18-11/h2-6,13,17H,1H3. The van der Waals surface area contributed by atoms with Gasteiger partial charge >= 0.3 is 0 Å². The summed E-state index contributed by atoms with van der Waals surface area (Å²) in [5.74, 6) is 0.473. The smallest absolute Gasteiger partial charge is 0.147 e. The fourth-order valence-corrected chi connectivity index (χ4v) is 3.40. The number of fused-ring (bicyclic) bond motifs is 1. The molecular formula is C14H10Cl2O2S. The molecule has 1 aromatic carbocycles. The summed E-state index contributed by atoms with van der Waals surface area (Å²) in [6.07, 6.45) is -0.850. The van der Waals surface area contributed by atoms with Gasteiger partial charge in [0.15, 0.2) is 0 Å². The van der Waals surface area contributed by atoms with E-state index in [0.29, 0.717) is 26.3 Å². The lowest BCUT2D eigenvalue weighted by Gasteiger charge is -2.05. The van der Waals surface area contributed by atoms with Gasteiger partial charge in [-0.05, 0) is 42.1 Å². The van der Waals surface area contributed by atoms with Crippen LogP contribution in [0.25, 0.3) is 11.0 Å². The molecule has 0 aliphatic carbocycles. The van der Waals surface area contributed by atoms with Gasteiger partial charge in [-0.1, -0.05) is 23.2 Å². The Bertz CT molecular complexity index is 745. The number of aliphatic hydroxyl groups excluding tert-OH is 1. The van der Waals surface area contributed by atoms with Crippen LogP contribution in [-0.4, -0.2) is 5.11 Å². The molecule has 2 aromatic heterocycles. The second-order valence-corrected chi connectivity index (χ2v) is 6.06. The predicted octanol–water partition coefficient (Wildman–Crippen LogP) is 5.19. The van der Waals surface area contributed by atoms with Crippen molar-refractivity contribution in [3.05, 3.63) is 55.9 Å². The summed E-state index contributed by atoms with van der Waals surface area (Å²) in [4.78, 5) is 0.698. The van der Waals surface area contributed by atoms with Crippen LogP contribution in [0.15, 0.2) is 34.1 Å². The Morgan fingerprint density at radius 2 is 2.05 bits per heavy atom. The second-order valence-electron chi connectivity index (χ2n) is 4.33. The van der Waals surface area contributed by atoms with Crippen LogP contribution in [0.1, 0.15) is 22.3 Å². The van der Waals surface area contributed by atoms with E-state index in [9.17, 15) is 5.11 Å². The van der Waals surface area contributed by atoms with E-state index in [1.165, 1.54) is 11.3 Å². The summed E-state index contributed by atoms with van der Waals surface area (Å²) in [5.41, 5.74) is 1.66. The number of aliphatic hydroxyl groups is 1. The molecule has 0 bridgehead atoms. The molecule has 2 heterocycles. The molecule has 2 nitrogen and oxygen atoms in total. The summed E-state index contributed by atoms with van der Waals surface area (Å²) in [7, 11) is 0. The van der Waals surface area contributed by atoms with Gasteiger partial charge < -0.3 is 9.52 Å². The highest BCUT2D eigenvalue weighted by molar-refractivity contribution is 7.10. The van der Waals surface area contributed by atoms with E-state index in [0.717, 1.165) is 10.9 Å². The Labute approximate surface area is 124 Å². The van der Waals surface area contributed by atoms with Gasteiger partial charge in [-0.3, -0.25) is 0 Å². The van der Waals surface area contributed by atoms with Crippen LogP contribution in [0.4, 0.5) is 0 Å². The number of thiophene rings is 1. The Kier molecular flexibility index (Phi) is 3.31. The average Bonchev–Trinajstić information content (AvgIpc) is 2.93. The second kappa shape index (κ2) is 4.84. The lowest BCUT2D eigenvalue weighted by molar-refractivity contribution is 0.196. The van der Waals surface area contributed by atoms with E-state index in [4.69, 9.17) is 27.6 Å². The Balaban J connectivity index is 2.06. The first-order valence-electron chi connectivity index (χ1n) is 5.67. The van der Waals surface area contributed by atoms with E-state index in [2.05, 4.69) is 0 Å². The fraction of sp³-hybridized carbons (Fsp3) is 0.143. The third kappa shape index (κ3) is 2.28. The molecule has 0 amide bonds. The van der Waals surface area contributed by atoms with Crippen LogP contribution in [0.5, 0.6) is 0 Å². The first-order chi connectivity index (χ1) is 9.06. The lowest BCUT2D eigenvalue weighted by Crippen LogP contribution is -1.95. The van der Waals surface area contributed by atoms with Gasteiger partial charge in [0, 0.05) is 10.4 Å².